The van der Waals surface area contributed by atoms with Crippen molar-refractivity contribution in [2.45, 2.75) is 11.8 Å². The molecule has 2 atom stereocenters. The van der Waals surface area contributed by atoms with E-state index >= 15 is 0 Å². The van der Waals surface area contributed by atoms with Crippen molar-refractivity contribution in [1.82, 2.24) is 29.9 Å². The lowest BCUT2D eigenvalue weighted by Gasteiger charge is -2.42. The van der Waals surface area contributed by atoms with Crippen LogP contribution in [0.5, 0.6) is 0 Å². The Bertz CT molecular complexity index is 4690. The van der Waals surface area contributed by atoms with E-state index in [0.717, 1.165) is 98.8 Å². The zero-order chi connectivity index (χ0) is 51.0. The Morgan fingerprint density at radius 3 is 1.00 bits per heavy atom. The molecule has 3 aliphatic carbocycles. The van der Waals surface area contributed by atoms with Gasteiger partial charge in [0.15, 0.2) is 34.9 Å². The van der Waals surface area contributed by atoms with E-state index in [-0.39, 0.29) is 11.8 Å². The average molecular weight is 997 g/mol. The number of hydrogen-bond donors (Lipinski definition) is 0. The van der Waals surface area contributed by atoms with Crippen LogP contribution in [0.1, 0.15) is 45.2 Å². The Labute approximate surface area is 446 Å². The van der Waals surface area contributed by atoms with Crippen molar-refractivity contribution in [2.75, 3.05) is 0 Å². The molecule has 0 fully saturated rings. The second-order valence-corrected chi connectivity index (χ2v) is 20.5. The number of furan rings is 2. The maximum Gasteiger partial charge on any atom is 0.164 e. The number of aromatic nitrogens is 6. The molecule has 0 aliphatic heterocycles. The maximum absolute atomic E-state index is 6.40. The molecule has 8 heteroatoms. The molecule has 0 N–H and O–H groups in total. The molecule has 11 aromatic carbocycles. The largest absolute Gasteiger partial charge is 0.456 e. The molecule has 0 radical (unpaired) electrons. The standard InChI is InChI=1S/C70H40N6O2/c1-3-15-41(16-4-1)65-71-67(75-69(73-65)45-27-31-57-55(37-45)63-47-19-9-7-13-39(47)25-33-59(63)77-57)43-23-29-51-53(35-43)61-49-21-11-12-22-50(49)62(51)54-36-44(24-30-52(54)61)68-72-66(42-17-5-2-6-18-42)74-70(76-68)46-28-32-58-56(38-46)64-48-20-10-8-14-40(48)26-34-60(64)78-58/h1-38,61-62H. The predicted octanol–water partition coefficient (Wildman–Crippen LogP) is 17.2. The summed E-state index contributed by atoms with van der Waals surface area (Å²) in [4.78, 5) is 31.3. The number of hydrogen-bond acceptors (Lipinski definition) is 8. The number of rotatable bonds is 6. The third kappa shape index (κ3) is 6.53. The van der Waals surface area contributed by atoms with E-state index in [0.29, 0.717) is 34.9 Å². The summed E-state index contributed by atoms with van der Waals surface area (Å²) < 4.78 is 12.8. The molecule has 78 heavy (non-hydrogen) atoms. The minimum atomic E-state index is -0.0203. The van der Waals surface area contributed by atoms with Crippen LogP contribution in [0, 0.1) is 0 Å². The van der Waals surface area contributed by atoms with E-state index in [1.165, 1.54) is 33.4 Å². The zero-order valence-electron chi connectivity index (χ0n) is 41.6. The van der Waals surface area contributed by atoms with Crippen LogP contribution < -0.4 is 0 Å². The van der Waals surface area contributed by atoms with E-state index in [2.05, 4.69) is 182 Å². The summed E-state index contributed by atoms with van der Waals surface area (Å²) in [6, 6.07) is 80.6. The lowest BCUT2D eigenvalue weighted by Crippen LogP contribution is -2.27. The molecule has 0 saturated carbocycles. The lowest BCUT2D eigenvalue weighted by molar-refractivity contribution is 0.669. The van der Waals surface area contributed by atoms with Gasteiger partial charge >= 0.3 is 0 Å². The van der Waals surface area contributed by atoms with E-state index < -0.39 is 0 Å². The molecule has 0 saturated heterocycles. The van der Waals surface area contributed by atoms with Gasteiger partial charge in [-0.3, -0.25) is 0 Å². The van der Waals surface area contributed by atoms with Crippen LogP contribution in [-0.2, 0) is 0 Å². The average Bonchev–Trinajstić information content (AvgIpc) is 4.23. The summed E-state index contributed by atoms with van der Waals surface area (Å²) in [7, 11) is 0. The molecular formula is C70H40N6O2. The fourth-order valence-electron chi connectivity index (χ4n) is 12.6. The molecule has 15 aromatic rings. The number of fused-ring (bicyclic) bond motifs is 10. The maximum atomic E-state index is 6.40. The molecular weight excluding hydrogens is 957 g/mol. The highest BCUT2D eigenvalue weighted by Gasteiger charge is 2.41. The SMILES string of the molecule is c1ccc(-c2nc(-c3ccc4c(c3)C3c5ccccc5C4c4cc(-c5nc(-c6ccccc6)nc(-c6ccc7oc8ccc9ccccc9c8c7c6)n5)ccc43)nc(-c3ccc4oc5ccc6ccccc6c5c4c3)n2)cc1. The van der Waals surface area contributed by atoms with Crippen LogP contribution >= 0.6 is 0 Å². The number of nitrogens with zero attached hydrogens (tertiary/aromatic N) is 6. The monoisotopic (exact) mass is 996 g/mol. The summed E-state index contributed by atoms with van der Waals surface area (Å²) >= 11 is 0. The number of benzene rings is 11. The topological polar surface area (TPSA) is 104 Å². The Morgan fingerprint density at radius 2 is 0.564 bits per heavy atom. The van der Waals surface area contributed by atoms with E-state index in [1.54, 1.807) is 0 Å². The van der Waals surface area contributed by atoms with Gasteiger partial charge in [-0.05, 0) is 116 Å². The van der Waals surface area contributed by atoms with Gasteiger partial charge < -0.3 is 8.83 Å². The molecule has 4 heterocycles. The first kappa shape index (κ1) is 42.9. The van der Waals surface area contributed by atoms with Crippen LogP contribution in [-0.4, -0.2) is 29.9 Å². The van der Waals surface area contributed by atoms with Gasteiger partial charge in [-0.25, -0.2) is 29.9 Å². The smallest absolute Gasteiger partial charge is 0.164 e. The van der Waals surface area contributed by atoms with Crippen molar-refractivity contribution in [3.8, 4) is 68.3 Å². The second kappa shape index (κ2) is 16.5. The summed E-state index contributed by atoms with van der Waals surface area (Å²) in [5.74, 6) is 3.60. The van der Waals surface area contributed by atoms with Crippen molar-refractivity contribution in [2.24, 2.45) is 0 Å². The van der Waals surface area contributed by atoms with Gasteiger partial charge in [0, 0.05) is 66.8 Å². The van der Waals surface area contributed by atoms with E-state index in [1.807, 2.05) is 48.5 Å². The van der Waals surface area contributed by atoms with Gasteiger partial charge in [0.05, 0.1) is 0 Å². The Morgan fingerprint density at radius 1 is 0.231 bits per heavy atom. The molecule has 2 bridgehead atoms. The van der Waals surface area contributed by atoms with Crippen molar-refractivity contribution >= 4 is 65.4 Å². The van der Waals surface area contributed by atoms with E-state index in [9.17, 15) is 0 Å². The highest BCUT2D eigenvalue weighted by molar-refractivity contribution is 6.20. The summed E-state index contributed by atoms with van der Waals surface area (Å²) in [6.45, 7) is 0. The molecule has 0 spiro atoms. The first-order valence-corrected chi connectivity index (χ1v) is 26.3. The van der Waals surface area contributed by atoms with Gasteiger partial charge in [-0.2, -0.15) is 0 Å². The van der Waals surface area contributed by atoms with Gasteiger partial charge in [0.25, 0.3) is 0 Å². The molecule has 3 aliphatic rings. The quantitative estimate of drug-likeness (QED) is 0.162. The van der Waals surface area contributed by atoms with Crippen molar-refractivity contribution in [3.63, 3.8) is 0 Å². The van der Waals surface area contributed by atoms with Gasteiger partial charge in [0.2, 0.25) is 0 Å². The van der Waals surface area contributed by atoms with Crippen LogP contribution in [0.4, 0.5) is 0 Å². The van der Waals surface area contributed by atoms with Crippen LogP contribution in [0.25, 0.3) is 134 Å². The Hall–Kier alpha value is -10.4. The van der Waals surface area contributed by atoms with Crippen LogP contribution in [0.3, 0.4) is 0 Å². The van der Waals surface area contributed by atoms with Gasteiger partial charge in [0.1, 0.15) is 22.3 Å². The molecule has 2 unspecified atom stereocenters. The Balaban J connectivity index is 0.792. The first-order chi connectivity index (χ1) is 38.6. The predicted molar refractivity (Wildman–Crippen MR) is 310 cm³/mol. The fraction of sp³-hybridized carbons (Fsp3) is 0.0286. The second-order valence-electron chi connectivity index (χ2n) is 20.5. The third-order valence-corrected chi connectivity index (χ3v) is 16.1. The molecule has 0 amide bonds. The van der Waals surface area contributed by atoms with Crippen molar-refractivity contribution in [3.05, 3.63) is 264 Å². The highest BCUT2D eigenvalue weighted by Crippen LogP contribution is 2.57. The fourth-order valence-corrected chi connectivity index (χ4v) is 12.6. The summed E-state index contributed by atoms with van der Waals surface area (Å²) in [5.41, 5.74) is 16.5. The lowest BCUT2D eigenvalue weighted by atomic mass is 9.61. The summed E-state index contributed by atoms with van der Waals surface area (Å²) in [5, 5.41) is 8.84. The molecule has 4 aromatic heterocycles. The third-order valence-electron chi connectivity index (χ3n) is 16.1. The highest BCUT2D eigenvalue weighted by atomic mass is 16.3. The minimum Gasteiger partial charge on any atom is -0.456 e. The molecule has 18 rings (SSSR count). The van der Waals surface area contributed by atoms with Crippen molar-refractivity contribution < 1.29 is 8.83 Å². The normalized spacial score (nSPS) is 14.4. The van der Waals surface area contributed by atoms with Crippen LogP contribution in [0.2, 0.25) is 0 Å². The van der Waals surface area contributed by atoms with E-state index in [4.69, 9.17) is 38.7 Å². The zero-order valence-corrected chi connectivity index (χ0v) is 41.6. The first-order valence-electron chi connectivity index (χ1n) is 26.3. The van der Waals surface area contributed by atoms with Crippen molar-refractivity contribution in [1.29, 1.82) is 0 Å². The Kier molecular flexibility index (Phi) is 9.08. The summed E-state index contributed by atoms with van der Waals surface area (Å²) in [6.07, 6.45) is 0. The molecule has 8 nitrogen and oxygen atoms in total. The van der Waals surface area contributed by atoms with Crippen LogP contribution in [0.15, 0.2) is 239 Å². The molecule has 362 valence electrons. The van der Waals surface area contributed by atoms with Gasteiger partial charge in [-0.15, -0.1) is 0 Å². The minimum absolute atomic E-state index is 0.0203. The van der Waals surface area contributed by atoms with Gasteiger partial charge in [-0.1, -0.05) is 170 Å².